The number of nitrogens with zero attached hydrogens (tertiary/aromatic N) is 1. The summed E-state index contributed by atoms with van der Waals surface area (Å²) in [6, 6.07) is 6.47. The SMILES string of the molecule is CN(C)CCCNC(=S)Nc1ccccc1F. The van der Waals surface area contributed by atoms with Crippen LogP contribution in [0.4, 0.5) is 10.1 Å². The van der Waals surface area contributed by atoms with Gasteiger partial charge in [-0.25, -0.2) is 4.39 Å². The van der Waals surface area contributed by atoms with E-state index < -0.39 is 0 Å². The van der Waals surface area contributed by atoms with Crippen molar-refractivity contribution in [1.29, 1.82) is 0 Å². The Bertz CT molecular complexity index is 369. The largest absolute Gasteiger partial charge is 0.362 e. The van der Waals surface area contributed by atoms with Crippen LogP contribution in [0.15, 0.2) is 24.3 Å². The van der Waals surface area contributed by atoms with Gasteiger partial charge in [-0.1, -0.05) is 12.1 Å². The molecule has 94 valence electrons. The third-order valence-corrected chi connectivity index (χ3v) is 2.44. The van der Waals surface area contributed by atoms with Crippen molar-refractivity contribution in [2.24, 2.45) is 0 Å². The third kappa shape index (κ3) is 5.60. The Hall–Kier alpha value is -1.20. The average Bonchev–Trinajstić information content (AvgIpc) is 2.27. The summed E-state index contributed by atoms with van der Waals surface area (Å²) in [4.78, 5) is 2.11. The van der Waals surface area contributed by atoms with Crippen molar-refractivity contribution in [1.82, 2.24) is 10.2 Å². The molecule has 1 rings (SSSR count). The van der Waals surface area contributed by atoms with Crippen LogP contribution in [0.3, 0.4) is 0 Å². The normalized spacial score (nSPS) is 10.4. The van der Waals surface area contributed by atoms with Gasteiger partial charge in [-0.3, -0.25) is 0 Å². The van der Waals surface area contributed by atoms with E-state index in [0.29, 0.717) is 10.8 Å². The lowest BCUT2D eigenvalue weighted by Gasteiger charge is -2.12. The maximum absolute atomic E-state index is 13.3. The quantitative estimate of drug-likeness (QED) is 0.622. The van der Waals surface area contributed by atoms with E-state index >= 15 is 0 Å². The van der Waals surface area contributed by atoms with E-state index in [4.69, 9.17) is 12.2 Å². The zero-order valence-electron chi connectivity index (χ0n) is 10.2. The number of anilines is 1. The number of nitrogens with one attached hydrogen (secondary N) is 2. The summed E-state index contributed by atoms with van der Waals surface area (Å²) in [6.07, 6.45) is 0.992. The molecule has 0 aliphatic rings. The molecule has 0 amide bonds. The number of hydrogen-bond acceptors (Lipinski definition) is 2. The minimum absolute atomic E-state index is 0.301. The first-order valence-electron chi connectivity index (χ1n) is 5.53. The molecule has 2 N–H and O–H groups in total. The van der Waals surface area contributed by atoms with Gasteiger partial charge in [-0.15, -0.1) is 0 Å². The third-order valence-electron chi connectivity index (χ3n) is 2.19. The monoisotopic (exact) mass is 255 g/mol. The highest BCUT2D eigenvalue weighted by Crippen LogP contribution is 2.11. The van der Waals surface area contributed by atoms with Crippen LogP contribution in [0, 0.1) is 5.82 Å². The molecule has 0 radical (unpaired) electrons. The highest BCUT2D eigenvalue weighted by atomic mass is 32.1. The van der Waals surface area contributed by atoms with Crippen molar-refractivity contribution in [3.05, 3.63) is 30.1 Å². The van der Waals surface area contributed by atoms with Gasteiger partial charge >= 0.3 is 0 Å². The second-order valence-corrected chi connectivity index (χ2v) is 4.43. The van der Waals surface area contributed by atoms with Crippen LogP contribution >= 0.6 is 12.2 Å². The first-order valence-corrected chi connectivity index (χ1v) is 5.94. The topological polar surface area (TPSA) is 27.3 Å². The summed E-state index contributed by atoms with van der Waals surface area (Å²) in [5.74, 6) is -0.301. The van der Waals surface area contributed by atoms with Gasteiger partial charge < -0.3 is 15.5 Å². The predicted molar refractivity (Wildman–Crippen MR) is 73.8 cm³/mol. The average molecular weight is 255 g/mol. The number of hydrogen-bond donors (Lipinski definition) is 2. The lowest BCUT2D eigenvalue weighted by atomic mass is 10.3. The predicted octanol–water partition coefficient (Wildman–Crippen LogP) is 2.06. The second kappa shape index (κ2) is 7.19. The van der Waals surface area contributed by atoms with Gasteiger partial charge in [0.05, 0.1) is 5.69 Å². The van der Waals surface area contributed by atoms with E-state index in [2.05, 4.69) is 15.5 Å². The van der Waals surface area contributed by atoms with Crippen molar-refractivity contribution in [3.63, 3.8) is 0 Å². The Kier molecular flexibility index (Phi) is 5.86. The van der Waals surface area contributed by atoms with Crippen molar-refractivity contribution in [3.8, 4) is 0 Å². The number of para-hydroxylation sites is 1. The molecule has 0 aliphatic carbocycles. The van der Waals surface area contributed by atoms with Gasteiger partial charge in [0.15, 0.2) is 5.11 Å². The summed E-state index contributed by atoms with van der Waals surface area (Å²) in [5.41, 5.74) is 0.401. The minimum atomic E-state index is -0.301. The van der Waals surface area contributed by atoms with Crippen LogP contribution < -0.4 is 10.6 Å². The van der Waals surface area contributed by atoms with E-state index in [1.54, 1.807) is 18.2 Å². The van der Waals surface area contributed by atoms with E-state index in [9.17, 15) is 4.39 Å². The van der Waals surface area contributed by atoms with E-state index in [1.165, 1.54) is 6.07 Å². The fourth-order valence-corrected chi connectivity index (χ4v) is 1.54. The Labute approximate surface area is 107 Å². The lowest BCUT2D eigenvalue weighted by Crippen LogP contribution is -2.31. The Morgan fingerprint density at radius 1 is 1.35 bits per heavy atom. The minimum Gasteiger partial charge on any atom is -0.362 e. The van der Waals surface area contributed by atoms with E-state index in [-0.39, 0.29) is 5.82 Å². The summed E-state index contributed by atoms with van der Waals surface area (Å²) < 4.78 is 13.3. The molecule has 0 saturated heterocycles. The number of halogens is 1. The molecule has 0 bridgehead atoms. The number of thiocarbonyl (C=S) groups is 1. The molecule has 0 fully saturated rings. The molecular weight excluding hydrogens is 237 g/mol. The molecule has 1 aromatic carbocycles. The zero-order chi connectivity index (χ0) is 12.7. The highest BCUT2D eigenvalue weighted by Gasteiger charge is 2.02. The molecule has 1 aromatic rings. The standard InChI is InChI=1S/C12H18FN3S/c1-16(2)9-5-8-14-12(17)15-11-7-4-3-6-10(11)13/h3-4,6-7H,5,8-9H2,1-2H3,(H2,14,15,17). The van der Waals surface area contributed by atoms with Crippen molar-refractivity contribution < 1.29 is 4.39 Å². The van der Waals surface area contributed by atoms with Gasteiger partial charge in [0.25, 0.3) is 0 Å². The Balaban J connectivity index is 2.28. The van der Waals surface area contributed by atoms with Crippen LogP contribution in [0.2, 0.25) is 0 Å². The van der Waals surface area contributed by atoms with Crippen molar-refractivity contribution in [2.45, 2.75) is 6.42 Å². The van der Waals surface area contributed by atoms with Gasteiger partial charge in [-0.2, -0.15) is 0 Å². The number of benzene rings is 1. The fraction of sp³-hybridized carbons (Fsp3) is 0.417. The van der Waals surface area contributed by atoms with Gasteiger partial charge in [0, 0.05) is 6.54 Å². The first-order chi connectivity index (χ1) is 8.09. The highest BCUT2D eigenvalue weighted by molar-refractivity contribution is 7.80. The molecule has 0 unspecified atom stereocenters. The summed E-state index contributed by atoms with van der Waals surface area (Å²) in [6.45, 7) is 1.77. The molecule has 0 aliphatic heterocycles. The molecule has 3 nitrogen and oxygen atoms in total. The number of rotatable bonds is 5. The first kappa shape index (κ1) is 13.9. The van der Waals surface area contributed by atoms with Gasteiger partial charge in [0.2, 0.25) is 0 Å². The van der Waals surface area contributed by atoms with E-state index in [1.807, 2.05) is 14.1 Å². The Morgan fingerprint density at radius 3 is 2.71 bits per heavy atom. The van der Waals surface area contributed by atoms with Crippen LogP contribution in [0.25, 0.3) is 0 Å². The molecule has 5 heteroatoms. The molecule has 0 saturated carbocycles. The second-order valence-electron chi connectivity index (χ2n) is 4.02. The maximum atomic E-state index is 13.3. The van der Waals surface area contributed by atoms with Gasteiger partial charge in [-0.05, 0) is 51.4 Å². The molecule has 0 heterocycles. The van der Waals surface area contributed by atoms with Crippen molar-refractivity contribution >= 4 is 23.0 Å². The lowest BCUT2D eigenvalue weighted by molar-refractivity contribution is 0.400. The van der Waals surface area contributed by atoms with Crippen LogP contribution in [-0.4, -0.2) is 37.2 Å². The zero-order valence-corrected chi connectivity index (χ0v) is 11.0. The van der Waals surface area contributed by atoms with Crippen LogP contribution in [0.5, 0.6) is 0 Å². The van der Waals surface area contributed by atoms with Crippen LogP contribution in [0.1, 0.15) is 6.42 Å². The smallest absolute Gasteiger partial charge is 0.170 e. The van der Waals surface area contributed by atoms with Crippen LogP contribution in [-0.2, 0) is 0 Å². The van der Waals surface area contributed by atoms with Gasteiger partial charge in [0.1, 0.15) is 5.82 Å². The molecule has 0 spiro atoms. The summed E-state index contributed by atoms with van der Waals surface area (Å²) >= 11 is 5.07. The van der Waals surface area contributed by atoms with E-state index in [0.717, 1.165) is 19.5 Å². The fourth-order valence-electron chi connectivity index (χ4n) is 1.33. The molecular formula is C12H18FN3S. The molecule has 17 heavy (non-hydrogen) atoms. The molecule has 0 atom stereocenters. The summed E-state index contributed by atoms with van der Waals surface area (Å²) in [7, 11) is 4.05. The maximum Gasteiger partial charge on any atom is 0.170 e. The molecule has 0 aromatic heterocycles. The summed E-state index contributed by atoms with van der Waals surface area (Å²) in [5, 5.41) is 6.32. The van der Waals surface area contributed by atoms with Crippen molar-refractivity contribution in [2.75, 3.05) is 32.5 Å². The Morgan fingerprint density at radius 2 is 2.06 bits per heavy atom.